The van der Waals surface area contributed by atoms with E-state index in [0.29, 0.717) is 16.7 Å². The van der Waals surface area contributed by atoms with Crippen LogP contribution < -0.4 is 10.9 Å². The number of hydrazine groups is 1. The van der Waals surface area contributed by atoms with Crippen LogP contribution in [0.15, 0.2) is 42.5 Å². The number of halogens is 1. The molecule has 1 unspecified atom stereocenters. The first-order valence-corrected chi connectivity index (χ1v) is 6.16. The second kappa shape index (κ2) is 4.95. The standard InChI is InChI=1S/C14H10FN3O3/c15-11-6-5-8(7-12(11)18(20)21)13-9-3-1-2-4-10(9)14(19)17-16-13/h1-7,13,16H,(H,17,19). The van der Waals surface area contributed by atoms with Crippen LogP contribution in [-0.2, 0) is 0 Å². The van der Waals surface area contributed by atoms with Crippen LogP contribution >= 0.6 is 0 Å². The Balaban J connectivity index is 2.10. The molecule has 6 nitrogen and oxygen atoms in total. The minimum absolute atomic E-state index is 0.279. The summed E-state index contributed by atoms with van der Waals surface area (Å²) >= 11 is 0. The van der Waals surface area contributed by atoms with Gasteiger partial charge in [0, 0.05) is 11.6 Å². The van der Waals surface area contributed by atoms with Gasteiger partial charge in [-0.2, -0.15) is 4.39 Å². The minimum atomic E-state index is -0.892. The normalized spacial score (nSPS) is 17.0. The fourth-order valence-corrected chi connectivity index (χ4v) is 2.35. The van der Waals surface area contributed by atoms with Gasteiger partial charge in [0.15, 0.2) is 0 Å². The van der Waals surface area contributed by atoms with Crippen LogP contribution in [0.4, 0.5) is 10.1 Å². The van der Waals surface area contributed by atoms with E-state index < -0.39 is 22.5 Å². The third-order valence-electron chi connectivity index (χ3n) is 3.35. The molecule has 1 aliphatic heterocycles. The summed E-state index contributed by atoms with van der Waals surface area (Å²) in [5, 5.41) is 10.8. The van der Waals surface area contributed by atoms with Gasteiger partial charge in [0.1, 0.15) is 0 Å². The van der Waals surface area contributed by atoms with E-state index in [-0.39, 0.29) is 5.91 Å². The summed E-state index contributed by atoms with van der Waals surface area (Å²) in [5.41, 5.74) is 6.34. The van der Waals surface area contributed by atoms with Gasteiger partial charge < -0.3 is 0 Å². The molecule has 0 saturated carbocycles. The second-order valence-corrected chi connectivity index (χ2v) is 4.59. The summed E-state index contributed by atoms with van der Waals surface area (Å²) < 4.78 is 13.4. The minimum Gasteiger partial charge on any atom is -0.287 e. The number of amides is 1. The maximum absolute atomic E-state index is 13.4. The Hall–Kier alpha value is -2.80. The van der Waals surface area contributed by atoms with Crippen molar-refractivity contribution in [3.8, 4) is 0 Å². The van der Waals surface area contributed by atoms with Crippen molar-refractivity contribution in [2.75, 3.05) is 0 Å². The molecule has 1 heterocycles. The van der Waals surface area contributed by atoms with E-state index in [9.17, 15) is 19.3 Å². The van der Waals surface area contributed by atoms with Gasteiger partial charge in [-0.1, -0.05) is 24.3 Å². The molecule has 0 aliphatic carbocycles. The van der Waals surface area contributed by atoms with Crippen LogP contribution in [0.25, 0.3) is 0 Å². The zero-order chi connectivity index (χ0) is 15.0. The van der Waals surface area contributed by atoms with Gasteiger partial charge in [0.25, 0.3) is 5.91 Å². The molecule has 7 heteroatoms. The van der Waals surface area contributed by atoms with Crippen molar-refractivity contribution in [2.45, 2.75) is 6.04 Å². The highest BCUT2D eigenvalue weighted by Gasteiger charge is 2.27. The number of hydrogen-bond acceptors (Lipinski definition) is 4. The highest BCUT2D eigenvalue weighted by Crippen LogP contribution is 2.30. The second-order valence-electron chi connectivity index (χ2n) is 4.59. The Morgan fingerprint density at radius 3 is 2.71 bits per heavy atom. The molecule has 0 fully saturated rings. The van der Waals surface area contributed by atoms with Gasteiger partial charge in [-0.3, -0.25) is 20.3 Å². The van der Waals surface area contributed by atoms with Crippen LogP contribution in [0.5, 0.6) is 0 Å². The fraction of sp³-hybridized carbons (Fsp3) is 0.0714. The van der Waals surface area contributed by atoms with E-state index in [1.54, 1.807) is 24.3 Å². The SMILES string of the molecule is O=C1NNC(c2ccc(F)c([N+](=O)[O-])c2)c2ccccc21. The highest BCUT2D eigenvalue weighted by molar-refractivity contribution is 5.96. The lowest BCUT2D eigenvalue weighted by atomic mass is 9.93. The fourth-order valence-electron chi connectivity index (χ4n) is 2.35. The summed E-state index contributed by atoms with van der Waals surface area (Å²) in [6, 6.07) is 10.1. The first-order valence-electron chi connectivity index (χ1n) is 6.16. The molecule has 2 aromatic rings. The summed E-state index contributed by atoms with van der Waals surface area (Å²) in [4.78, 5) is 21.8. The number of carbonyl (C=O) groups is 1. The molecular formula is C14H10FN3O3. The summed E-state index contributed by atoms with van der Waals surface area (Å²) in [7, 11) is 0. The van der Waals surface area contributed by atoms with Crippen LogP contribution in [-0.4, -0.2) is 10.8 Å². The molecule has 1 aliphatic rings. The Bertz CT molecular complexity index is 748. The van der Waals surface area contributed by atoms with Crippen molar-refractivity contribution in [1.29, 1.82) is 0 Å². The highest BCUT2D eigenvalue weighted by atomic mass is 19.1. The van der Waals surface area contributed by atoms with Gasteiger partial charge >= 0.3 is 5.69 Å². The predicted molar refractivity (Wildman–Crippen MR) is 71.9 cm³/mol. The van der Waals surface area contributed by atoms with E-state index in [0.717, 1.165) is 6.07 Å². The molecule has 0 spiro atoms. The average molecular weight is 287 g/mol. The van der Waals surface area contributed by atoms with E-state index in [1.165, 1.54) is 12.1 Å². The summed E-state index contributed by atoms with van der Waals surface area (Å²) in [5.74, 6) is -1.17. The summed E-state index contributed by atoms with van der Waals surface area (Å²) in [6.07, 6.45) is 0. The smallest absolute Gasteiger partial charge is 0.287 e. The van der Waals surface area contributed by atoms with Gasteiger partial charge in [0.2, 0.25) is 5.82 Å². The first-order chi connectivity index (χ1) is 10.1. The quantitative estimate of drug-likeness (QED) is 0.654. The van der Waals surface area contributed by atoms with Crippen molar-refractivity contribution in [1.82, 2.24) is 10.9 Å². The van der Waals surface area contributed by atoms with E-state index in [2.05, 4.69) is 10.9 Å². The monoisotopic (exact) mass is 287 g/mol. The number of nitro groups is 1. The molecule has 2 N–H and O–H groups in total. The van der Waals surface area contributed by atoms with Crippen molar-refractivity contribution in [3.05, 3.63) is 75.1 Å². The Labute approximate surface area is 118 Å². The van der Waals surface area contributed by atoms with Crippen LogP contribution in [0.2, 0.25) is 0 Å². The molecular weight excluding hydrogens is 277 g/mol. The lowest BCUT2D eigenvalue weighted by molar-refractivity contribution is -0.387. The molecule has 21 heavy (non-hydrogen) atoms. The third kappa shape index (κ3) is 2.23. The van der Waals surface area contributed by atoms with Crippen LogP contribution in [0.3, 0.4) is 0 Å². The zero-order valence-corrected chi connectivity index (χ0v) is 10.7. The van der Waals surface area contributed by atoms with E-state index >= 15 is 0 Å². The number of benzene rings is 2. The topological polar surface area (TPSA) is 84.3 Å². The zero-order valence-electron chi connectivity index (χ0n) is 10.7. The largest absolute Gasteiger partial charge is 0.305 e. The number of carbonyl (C=O) groups excluding carboxylic acids is 1. The Morgan fingerprint density at radius 1 is 1.19 bits per heavy atom. The van der Waals surface area contributed by atoms with Gasteiger partial charge in [-0.05, 0) is 23.3 Å². The number of hydrogen-bond donors (Lipinski definition) is 2. The predicted octanol–water partition coefficient (Wildman–Crippen LogP) is 2.07. The molecule has 1 amide bonds. The number of rotatable bonds is 2. The molecule has 0 aromatic heterocycles. The van der Waals surface area contributed by atoms with Crippen molar-refractivity contribution < 1.29 is 14.1 Å². The van der Waals surface area contributed by atoms with Crippen molar-refractivity contribution >= 4 is 11.6 Å². The van der Waals surface area contributed by atoms with Gasteiger partial charge in [-0.25, -0.2) is 5.43 Å². The number of nitrogens with zero attached hydrogens (tertiary/aromatic N) is 1. The molecule has 0 saturated heterocycles. The average Bonchev–Trinajstić information content (AvgIpc) is 2.48. The van der Waals surface area contributed by atoms with Crippen LogP contribution in [0, 0.1) is 15.9 Å². The molecule has 0 radical (unpaired) electrons. The van der Waals surface area contributed by atoms with E-state index in [4.69, 9.17) is 0 Å². The Morgan fingerprint density at radius 2 is 1.95 bits per heavy atom. The van der Waals surface area contributed by atoms with Gasteiger partial charge in [0.05, 0.1) is 11.0 Å². The third-order valence-corrected chi connectivity index (χ3v) is 3.35. The maximum Gasteiger partial charge on any atom is 0.305 e. The van der Waals surface area contributed by atoms with Gasteiger partial charge in [-0.15, -0.1) is 0 Å². The summed E-state index contributed by atoms with van der Waals surface area (Å²) in [6.45, 7) is 0. The number of nitro benzene ring substituents is 1. The molecule has 106 valence electrons. The molecule has 2 aromatic carbocycles. The number of fused-ring (bicyclic) bond motifs is 1. The maximum atomic E-state index is 13.4. The molecule has 1 atom stereocenters. The first kappa shape index (κ1) is 13.2. The van der Waals surface area contributed by atoms with Crippen LogP contribution in [0.1, 0.15) is 27.5 Å². The van der Waals surface area contributed by atoms with Crippen molar-refractivity contribution in [3.63, 3.8) is 0 Å². The lowest BCUT2D eigenvalue weighted by Gasteiger charge is -2.27. The molecule has 3 rings (SSSR count). The molecule has 0 bridgehead atoms. The number of nitrogens with one attached hydrogen (secondary N) is 2. The lowest BCUT2D eigenvalue weighted by Crippen LogP contribution is -2.45. The Kier molecular flexibility index (Phi) is 3.11. The van der Waals surface area contributed by atoms with E-state index in [1.807, 2.05) is 0 Å². The van der Waals surface area contributed by atoms with Crippen molar-refractivity contribution in [2.24, 2.45) is 0 Å².